The van der Waals surface area contributed by atoms with Gasteiger partial charge in [-0.1, -0.05) is 6.07 Å². The van der Waals surface area contributed by atoms with Gasteiger partial charge in [-0.3, -0.25) is 9.78 Å². The molecule has 1 fully saturated rings. The van der Waals surface area contributed by atoms with Crippen LogP contribution in [0.3, 0.4) is 0 Å². The van der Waals surface area contributed by atoms with Crippen LogP contribution >= 0.6 is 11.3 Å². The number of fused-ring (bicyclic) bond motifs is 3. The Kier molecular flexibility index (Phi) is 3.14. The molecule has 1 saturated heterocycles. The number of aliphatic imine (C=N–C) groups is 1. The Morgan fingerprint density at radius 2 is 2.04 bits per heavy atom. The van der Waals surface area contributed by atoms with Crippen molar-refractivity contribution in [3.8, 4) is 0 Å². The molecule has 26 heavy (non-hydrogen) atoms. The fourth-order valence-corrected chi connectivity index (χ4v) is 4.66. The molecule has 130 valence electrons. The summed E-state index contributed by atoms with van der Waals surface area (Å²) in [6.45, 7) is 4.48. The summed E-state index contributed by atoms with van der Waals surface area (Å²) < 4.78 is 0. The molecule has 0 spiro atoms. The van der Waals surface area contributed by atoms with Crippen LogP contribution in [0.25, 0.3) is 10.9 Å². The third-order valence-electron chi connectivity index (χ3n) is 5.11. The second kappa shape index (κ2) is 5.22. The second-order valence-electron chi connectivity index (χ2n) is 6.93. The Balaban J connectivity index is 1.64. The highest BCUT2D eigenvalue weighted by Crippen LogP contribution is 2.43. The van der Waals surface area contributed by atoms with Crippen molar-refractivity contribution in [1.82, 2.24) is 4.98 Å². The summed E-state index contributed by atoms with van der Waals surface area (Å²) >= 11 is 1.49. The molecule has 1 atom stereocenters. The topological polar surface area (TPSA) is 65.8 Å². The van der Waals surface area contributed by atoms with Gasteiger partial charge in [0.2, 0.25) is 5.78 Å². The SMILES string of the molecule is Cc1ccc2cc(N3CC[C@@]4(O)C(=O)c5cc(C)sc5N=C34)ccc2n1. The fraction of sp³-hybridized carbons (Fsp3) is 0.250. The van der Waals surface area contributed by atoms with Crippen LogP contribution in [0, 0.1) is 13.8 Å². The number of carbonyl (C=O) groups is 1. The lowest BCUT2D eigenvalue weighted by molar-refractivity contribution is 0.0603. The Morgan fingerprint density at radius 3 is 2.88 bits per heavy atom. The van der Waals surface area contributed by atoms with E-state index in [0.29, 0.717) is 29.4 Å². The van der Waals surface area contributed by atoms with E-state index in [-0.39, 0.29) is 5.78 Å². The van der Waals surface area contributed by atoms with E-state index in [2.05, 4.69) is 9.98 Å². The first-order valence-electron chi connectivity index (χ1n) is 8.57. The van der Waals surface area contributed by atoms with Crippen LogP contribution in [-0.4, -0.2) is 33.9 Å². The zero-order valence-electron chi connectivity index (χ0n) is 14.5. The lowest BCUT2D eigenvalue weighted by Crippen LogP contribution is -2.48. The number of aromatic nitrogens is 1. The van der Waals surface area contributed by atoms with E-state index < -0.39 is 5.60 Å². The van der Waals surface area contributed by atoms with Gasteiger partial charge in [-0.2, -0.15) is 0 Å². The molecule has 4 heterocycles. The minimum absolute atomic E-state index is 0.234. The number of pyridine rings is 1. The lowest BCUT2D eigenvalue weighted by atomic mass is 9.90. The first-order valence-corrected chi connectivity index (χ1v) is 9.39. The van der Waals surface area contributed by atoms with E-state index in [4.69, 9.17) is 0 Å². The first kappa shape index (κ1) is 15.7. The van der Waals surface area contributed by atoms with E-state index in [1.807, 2.05) is 55.1 Å². The average Bonchev–Trinajstić information content (AvgIpc) is 3.16. The van der Waals surface area contributed by atoms with Gasteiger partial charge in [-0.05, 0) is 44.2 Å². The first-order chi connectivity index (χ1) is 12.5. The number of rotatable bonds is 1. The third-order valence-corrected chi connectivity index (χ3v) is 6.05. The summed E-state index contributed by atoms with van der Waals surface area (Å²) in [5.74, 6) is 0.207. The number of aliphatic hydroxyl groups is 1. The molecule has 0 amide bonds. The van der Waals surface area contributed by atoms with E-state index >= 15 is 0 Å². The van der Waals surface area contributed by atoms with Crippen molar-refractivity contribution in [3.05, 3.63) is 52.5 Å². The third kappa shape index (κ3) is 2.09. The van der Waals surface area contributed by atoms with Gasteiger partial charge >= 0.3 is 0 Å². The van der Waals surface area contributed by atoms with Crippen molar-refractivity contribution in [1.29, 1.82) is 0 Å². The number of nitrogens with zero attached hydrogens (tertiary/aromatic N) is 3. The summed E-state index contributed by atoms with van der Waals surface area (Å²) in [5, 5.41) is 12.8. The van der Waals surface area contributed by atoms with Crippen molar-refractivity contribution in [2.45, 2.75) is 25.9 Å². The standard InChI is InChI=1S/C20H17N3O2S/c1-11-3-4-13-10-14(5-6-16(13)21-11)23-8-7-20(25)17(24)15-9-12(2)26-18(15)22-19(20)23/h3-6,9-10,25H,7-8H2,1-2H3/t20-/m1/s1. The number of thiophene rings is 1. The maximum Gasteiger partial charge on any atom is 0.205 e. The summed E-state index contributed by atoms with van der Waals surface area (Å²) in [6.07, 6.45) is 0.350. The minimum Gasteiger partial charge on any atom is -0.374 e. The Hall–Kier alpha value is -2.57. The monoisotopic (exact) mass is 363 g/mol. The average molecular weight is 363 g/mol. The number of hydrogen-bond donors (Lipinski definition) is 1. The molecule has 2 aliphatic rings. The van der Waals surface area contributed by atoms with E-state index in [9.17, 15) is 9.90 Å². The van der Waals surface area contributed by atoms with Crippen LogP contribution in [-0.2, 0) is 0 Å². The molecule has 6 heteroatoms. The van der Waals surface area contributed by atoms with E-state index in [1.54, 1.807) is 0 Å². The quantitative estimate of drug-likeness (QED) is 0.714. The molecular weight excluding hydrogens is 346 g/mol. The maximum atomic E-state index is 12.9. The number of Topliss-reactive ketones (excluding diaryl/α,β-unsaturated/α-hetero) is 1. The van der Waals surface area contributed by atoms with Gasteiger partial charge in [0.25, 0.3) is 0 Å². The Labute approximate surface area is 154 Å². The Bertz CT molecular complexity index is 1120. The van der Waals surface area contributed by atoms with Gasteiger partial charge in [-0.15, -0.1) is 11.3 Å². The van der Waals surface area contributed by atoms with E-state index in [0.717, 1.165) is 27.2 Å². The highest BCUT2D eigenvalue weighted by Gasteiger charge is 2.52. The van der Waals surface area contributed by atoms with Crippen LogP contribution in [0.5, 0.6) is 0 Å². The van der Waals surface area contributed by atoms with Gasteiger partial charge in [0.15, 0.2) is 11.4 Å². The van der Waals surface area contributed by atoms with Crippen LogP contribution < -0.4 is 4.90 Å². The van der Waals surface area contributed by atoms with E-state index in [1.165, 1.54) is 11.3 Å². The second-order valence-corrected chi connectivity index (χ2v) is 8.17. The molecular formula is C20H17N3O2S. The molecule has 2 aliphatic heterocycles. The van der Waals surface area contributed by atoms with Gasteiger partial charge in [-0.25, -0.2) is 4.99 Å². The summed E-state index contributed by atoms with van der Waals surface area (Å²) in [5.41, 5.74) is 1.84. The number of hydrogen-bond acceptors (Lipinski definition) is 6. The van der Waals surface area contributed by atoms with Crippen molar-refractivity contribution < 1.29 is 9.90 Å². The normalized spacial score (nSPS) is 21.7. The number of aryl methyl sites for hydroxylation is 2. The molecule has 0 unspecified atom stereocenters. The number of amidine groups is 1. The maximum absolute atomic E-state index is 12.9. The van der Waals surface area contributed by atoms with Crippen molar-refractivity contribution in [3.63, 3.8) is 0 Å². The molecule has 5 rings (SSSR count). The molecule has 3 aromatic rings. The van der Waals surface area contributed by atoms with Crippen LogP contribution in [0.15, 0.2) is 41.4 Å². The molecule has 1 N–H and O–H groups in total. The zero-order chi connectivity index (χ0) is 18.1. The molecule has 0 radical (unpaired) electrons. The molecule has 0 aliphatic carbocycles. The number of benzene rings is 1. The summed E-state index contributed by atoms with van der Waals surface area (Å²) in [7, 11) is 0. The van der Waals surface area contributed by atoms with Gasteiger partial charge in [0, 0.05) is 34.6 Å². The van der Waals surface area contributed by atoms with Crippen LogP contribution in [0.2, 0.25) is 0 Å². The van der Waals surface area contributed by atoms with Gasteiger partial charge < -0.3 is 10.0 Å². The molecule has 1 aromatic carbocycles. The number of ketones is 1. The smallest absolute Gasteiger partial charge is 0.205 e. The lowest BCUT2D eigenvalue weighted by Gasteiger charge is -2.28. The summed E-state index contributed by atoms with van der Waals surface area (Å²) in [4.78, 5) is 25.1. The highest BCUT2D eigenvalue weighted by molar-refractivity contribution is 7.16. The van der Waals surface area contributed by atoms with Crippen LogP contribution in [0.4, 0.5) is 10.7 Å². The van der Waals surface area contributed by atoms with Crippen molar-refractivity contribution >= 4 is 44.5 Å². The predicted octanol–water partition coefficient (Wildman–Crippen LogP) is 3.78. The molecule has 2 aromatic heterocycles. The fourth-order valence-electron chi connectivity index (χ4n) is 3.78. The Morgan fingerprint density at radius 1 is 1.19 bits per heavy atom. The van der Waals surface area contributed by atoms with Crippen LogP contribution in [0.1, 0.15) is 27.3 Å². The summed E-state index contributed by atoms with van der Waals surface area (Å²) in [6, 6.07) is 11.8. The van der Waals surface area contributed by atoms with Crippen molar-refractivity contribution in [2.75, 3.05) is 11.4 Å². The number of carbonyl (C=O) groups excluding carboxylic acids is 1. The van der Waals surface area contributed by atoms with Crippen molar-refractivity contribution in [2.24, 2.45) is 4.99 Å². The molecule has 0 bridgehead atoms. The predicted molar refractivity (Wildman–Crippen MR) is 104 cm³/mol. The largest absolute Gasteiger partial charge is 0.374 e. The zero-order valence-corrected chi connectivity index (χ0v) is 15.3. The molecule has 5 nitrogen and oxygen atoms in total. The number of anilines is 1. The van der Waals surface area contributed by atoms with Gasteiger partial charge in [0.05, 0.1) is 11.1 Å². The minimum atomic E-state index is -1.53. The molecule has 0 saturated carbocycles. The highest BCUT2D eigenvalue weighted by atomic mass is 32.1. The van der Waals surface area contributed by atoms with Gasteiger partial charge in [0.1, 0.15) is 5.00 Å².